The van der Waals surface area contributed by atoms with Gasteiger partial charge in [-0.15, -0.1) is 0 Å². The first-order valence-corrected chi connectivity index (χ1v) is 6.14. The van der Waals surface area contributed by atoms with E-state index in [1.54, 1.807) is 23.0 Å². The zero-order valence-electron chi connectivity index (χ0n) is 9.36. The third-order valence-corrected chi connectivity index (χ3v) is 2.85. The number of carbonyl (C=O) groups is 1. The molecule has 17 heavy (non-hydrogen) atoms. The Bertz CT molecular complexity index is 356. The molecule has 0 aromatic heterocycles. The van der Waals surface area contributed by atoms with E-state index in [2.05, 4.69) is 8.49 Å². The molecule has 1 aromatic carbocycles. The van der Waals surface area contributed by atoms with Gasteiger partial charge in [0, 0.05) is 6.54 Å². The molecule has 5 nitrogen and oxygen atoms in total. The lowest BCUT2D eigenvalue weighted by molar-refractivity contribution is -0.132. The predicted molar refractivity (Wildman–Crippen MR) is 74.1 cm³/mol. The number of carbonyl (C=O) groups excluding carboxylic acids is 1. The van der Waals surface area contributed by atoms with E-state index in [1.165, 1.54) is 5.56 Å². The van der Waals surface area contributed by atoms with Crippen molar-refractivity contribution in [1.29, 1.82) is 0 Å². The highest BCUT2D eigenvalue weighted by Crippen LogP contribution is 2.08. The summed E-state index contributed by atoms with van der Waals surface area (Å²) in [5, 5.41) is 0. The molecule has 0 aliphatic rings. The Labute approximate surface area is 115 Å². The van der Waals surface area contributed by atoms with Crippen LogP contribution in [0.1, 0.15) is 11.1 Å². The number of hydrogen-bond donors (Lipinski definition) is 3. The average Bonchev–Trinajstić information content (AvgIpc) is 2.37. The highest BCUT2D eigenvalue weighted by molar-refractivity contribution is 14.1. The summed E-state index contributed by atoms with van der Waals surface area (Å²) in [6, 6.07) is 7.34. The molecule has 5 N–H and O–H groups in total. The third kappa shape index (κ3) is 4.99. The molecule has 0 bridgehead atoms. The van der Waals surface area contributed by atoms with Gasteiger partial charge in [-0.05, 0) is 24.0 Å². The number of halogens is 1. The number of nitrogens with one attached hydrogen (secondary N) is 1. The standard InChI is InChI=1S/C11H16IN3O2/c12-17-11(16)10(13)7-9-3-1-8(2-4-9)5-6-15-14/h1-4,10,15H,5-7,13-14H2. The van der Waals surface area contributed by atoms with E-state index in [-0.39, 0.29) is 0 Å². The molecule has 0 saturated carbocycles. The van der Waals surface area contributed by atoms with Crippen LogP contribution in [-0.4, -0.2) is 18.6 Å². The summed E-state index contributed by atoms with van der Waals surface area (Å²) < 4.78 is 4.54. The Balaban J connectivity index is 2.53. The fourth-order valence-corrected chi connectivity index (χ4v) is 1.78. The van der Waals surface area contributed by atoms with Crippen molar-refractivity contribution in [3.05, 3.63) is 35.4 Å². The number of benzene rings is 1. The third-order valence-electron chi connectivity index (χ3n) is 2.42. The second-order valence-electron chi connectivity index (χ2n) is 3.73. The second kappa shape index (κ2) is 7.59. The maximum atomic E-state index is 11.1. The van der Waals surface area contributed by atoms with Gasteiger partial charge in [0.25, 0.3) is 0 Å². The summed E-state index contributed by atoms with van der Waals surface area (Å²) in [6.07, 6.45) is 1.36. The summed E-state index contributed by atoms with van der Waals surface area (Å²) in [6.45, 7) is 0.736. The Morgan fingerprint density at radius 1 is 1.35 bits per heavy atom. The number of hydrogen-bond acceptors (Lipinski definition) is 5. The van der Waals surface area contributed by atoms with Gasteiger partial charge in [-0.2, -0.15) is 0 Å². The molecular weight excluding hydrogens is 333 g/mol. The Morgan fingerprint density at radius 3 is 2.47 bits per heavy atom. The van der Waals surface area contributed by atoms with Crippen molar-refractivity contribution in [2.75, 3.05) is 6.54 Å². The van der Waals surface area contributed by atoms with Crippen molar-refractivity contribution < 1.29 is 7.86 Å². The lowest BCUT2D eigenvalue weighted by Crippen LogP contribution is -2.32. The van der Waals surface area contributed by atoms with Crippen molar-refractivity contribution in [2.24, 2.45) is 11.6 Å². The molecular formula is C11H16IN3O2. The van der Waals surface area contributed by atoms with E-state index in [9.17, 15) is 4.79 Å². The summed E-state index contributed by atoms with van der Waals surface area (Å²) in [4.78, 5) is 11.1. The lowest BCUT2D eigenvalue weighted by atomic mass is 10.0. The number of hydrazine groups is 1. The van der Waals surface area contributed by atoms with Crippen LogP contribution in [0.4, 0.5) is 0 Å². The monoisotopic (exact) mass is 349 g/mol. The molecule has 0 fully saturated rings. The lowest BCUT2D eigenvalue weighted by Gasteiger charge is -2.08. The largest absolute Gasteiger partial charge is 0.393 e. The second-order valence-corrected chi connectivity index (χ2v) is 4.17. The van der Waals surface area contributed by atoms with Crippen LogP contribution < -0.4 is 17.0 Å². The van der Waals surface area contributed by atoms with Crippen LogP contribution in [0, 0.1) is 0 Å². The van der Waals surface area contributed by atoms with E-state index in [1.807, 2.05) is 24.3 Å². The van der Waals surface area contributed by atoms with Gasteiger partial charge in [0.2, 0.25) is 0 Å². The van der Waals surface area contributed by atoms with Gasteiger partial charge in [0.15, 0.2) is 23.0 Å². The molecule has 0 radical (unpaired) electrons. The average molecular weight is 349 g/mol. The molecule has 1 rings (SSSR count). The smallest absolute Gasteiger partial charge is 0.332 e. The molecule has 1 unspecified atom stereocenters. The zero-order valence-corrected chi connectivity index (χ0v) is 11.5. The Morgan fingerprint density at radius 2 is 1.94 bits per heavy atom. The van der Waals surface area contributed by atoms with Crippen molar-refractivity contribution in [3.8, 4) is 0 Å². The Hall–Kier alpha value is -0.700. The van der Waals surface area contributed by atoms with E-state index in [0.29, 0.717) is 6.42 Å². The fourth-order valence-electron chi connectivity index (χ4n) is 1.45. The van der Waals surface area contributed by atoms with Crippen LogP contribution in [0.25, 0.3) is 0 Å². The molecule has 0 spiro atoms. The van der Waals surface area contributed by atoms with Crippen LogP contribution >= 0.6 is 23.0 Å². The van der Waals surface area contributed by atoms with Gasteiger partial charge in [-0.25, -0.2) is 4.79 Å². The van der Waals surface area contributed by atoms with Gasteiger partial charge in [-0.3, -0.25) is 11.3 Å². The normalized spacial score (nSPS) is 12.2. The molecule has 0 aliphatic carbocycles. The van der Waals surface area contributed by atoms with Crippen molar-refractivity contribution in [1.82, 2.24) is 5.43 Å². The summed E-state index contributed by atoms with van der Waals surface area (Å²) in [7, 11) is 0. The summed E-state index contributed by atoms with van der Waals surface area (Å²) in [5.41, 5.74) is 10.5. The highest BCUT2D eigenvalue weighted by atomic mass is 127. The molecule has 6 heteroatoms. The van der Waals surface area contributed by atoms with Crippen LogP contribution in [0.2, 0.25) is 0 Å². The highest BCUT2D eigenvalue weighted by Gasteiger charge is 2.14. The minimum Gasteiger partial charge on any atom is -0.393 e. The predicted octanol–water partition coefficient (Wildman–Crippen LogP) is 0.455. The van der Waals surface area contributed by atoms with Crippen molar-refractivity contribution in [3.63, 3.8) is 0 Å². The van der Waals surface area contributed by atoms with Gasteiger partial charge >= 0.3 is 5.97 Å². The maximum absolute atomic E-state index is 11.1. The first kappa shape index (κ1) is 14.4. The van der Waals surface area contributed by atoms with E-state index in [0.717, 1.165) is 18.5 Å². The first-order chi connectivity index (χ1) is 8.17. The molecule has 0 aliphatic heterocycles. The molecule has 0 saturated heterocycles. The van der Waals surface area contributed by atoms with E-state index < -0.39 is 12.0 Å². The van der Waals surface area contributed by atoms with E-state index in [4.69, 9.17) is 11.6 Å². The van der Waals surface area contributed by atoms with Crippen molar-refractivity contribution in [2.45, 2.75) is 18.9 Å². The zero-order chi connectivity index (χ0) is 12.7. The molecule has 1 atom stereocenters. The maximum Gasteiger partial charge on any atom is 0.332 e. The van der Waals surface area contributed by atoms with Gasteiger partial charge in [-0.1, -0.05) is 24.3 Å². The van der Waals surface area contributed by atoms with Crippen LogP contribution in [0.3, 0.4) is 0 Å². The van der Waals surface area contributed by atoms with Gasteiger partial charge in [0.05, 0.1) is 0 Å². The minimum atomic E-state index is -0.608. The Kier molecular flexibility index (Phi) is 6.41. The number of nitrogens with two attached hydrogens (primary N) is 2. The van der Waals surface area contributed by atoms with Crippen molar-refractivity contribution >= 4 is 29.0 Å². The first-order valence-electron chi connectivity index (χ1n) is 5.26. The van der Waals surface area contributed by atoms with Crippen LogP contribution in [-0.2, 0) is 20.7 Å². The topological polar surface area (TPSA) is 90.4 Å². The fraction of sp³-hybridized carbons (Fsp3) is 0.364. The van der Waals surface area contributed by atoms with Crippen LogP contribution in [0.15, 0.2) is 24.3 Å². The molecule has 1 aromatic rings. The number of rotatable bonds is 6. The summed E-state index contributed by atoms with van der Waals surface area (Å²) in [5.74, 6) is 4.80. The van der Waals surface area contributed by atoms with Gasteiger partial charge in [0.1, 0.15) is 6.04 Å². The molecule has 0 heterocycles. The minimum absolute atomic E-state index is 0.401. The molecule has 0 amide bonds. The summed E-state index contributed by atoms with van der Waals surface area (Å²) >= 11 is 1.54. The van der Waals surface area contributed by atoms with E-state index >= 15 is 0 Å². The quantitative estimate of drug-likeness (QED) is 0.394. The molecule has 94 valence electrons. The van der Waals surface area contributed by atoms with Crippen LogP contribution in [0.5, 0.6) is 0 Å². The van der Waals surface area contributed by atoms with Gasteiger partial charge < -0.3 is 8.80 Å². The SMILES string of the molecule is NNCCc1ccc(CC(N)C(=O)OI)cc1.